The second-order valence-corrected chi connectivity index (χ2v) is 9.96. The molecule has 2 N–H and O–H groups in total. The molecular formula is C21H38N2O6. The van der Waals surface area contributed by atoms with Gasteiger partial charge < -0.3 is 24.8 Å². The maximum Gasteiger partial charge on any atom is 0.408 e. The highest BCUT2D eigenvalue weighted by molar-refractivity contribution is 5.92. The molecule has 0 bridgehead atoms. The van der Waals surface area contributed by atoms with Gasteiger partial charge in [0.25, 0.3) is 0 Å². The summed E-state index contributed by atoms with van der Waals surface area (Å²) in [5, 5.41) is 5.54. The topological polar surface area (TPSA) is 103 Å². The first kappa shape index (κ1) is 25.2. The number of ether oxygens (including phenoxy) is 3. The molecule has 1 aliphatic rings. The normalized spacial score (nSPS) is 23.7. The lowest BCUT2D eigenvalue weighted by Crippen LogP contribution is -2.61. The number of hydrogen-bond acceptors (Lipinski definition) is 6. The van der Waals surface area contributed by atoms with Crippen molar-refractivity contribution < 1.29 is 28.6 Å². The summed E-state index contributed by atoms with van der Waals surface area (Å²) in [7, 11) is 2.95. The van der Waals surface area contributed by atoms with Crippen LogP contribution in [0.5, 0.6) is 0 Å². The van der Waals surface area contributed by atoms with Crippen LogP contribution in [-0.4, -0.2) is 55.5 Å². The Labute approximate surface area is 174 Å². The van der Waals surface area contributed by atoms with Crippen molar-refractivity contribution in [1.82, 2.24) is 10.6 Å². The second kappa shape index (κ2) is 9.78. The Morgan fingerprint density at radius 3 is 2.00 bits per heavy atom. The van der Waals surface area contributed by atoms with Gasteiger partial charge in [0.05, 0.1) is 13.2 Å². The average molecular weight is 415 g/mol. The molecule has 1 atom stereocenters. The standard InChI is InChI=1S/C21H38N2O6/c1-19(2,3)13-15(22-18(26)29-20(4,5)6)16(24)23-21(17(25)28-8)11-9-14(27-7)10-12-21/h14-15H,9-13H2,1-8H3,(H,22,26)(H,23,24)/t14?,15-,21?/m1/s1. The van der Waals surface area contributed by atoms with Crippen molar-refractivity contribution >= 4 is 18.0 Å². The number of carbonyl (C=O) groups is 3. The lowest BCUT2D eigenvalue weighted by Gasteiger charge is -2.39. The quantitative estimate of drug-likeness (QED) is 0.648. The maximum absolute atomic E-state index is 13.1. The van der Waals surface area contributed by atoms with Crippen LogP contribution in [0.3, 0.4) is 0 Å². The van der Waals surface area contributed by atoms with Gasteiger partial charge in [-0.05, 0) is 58.3 Å². The van der Waals surface area contributed by atoms with E-state index in [4.69, 9.17) is 14.2 Å². The van der Waals surface area contributed by atoms with Crippen LogP contribution in [-0.2, 0) is 23.8 Å². The highest BCUT2D eigenvalue weighted by Gasteiger charge is 2.45. The van der Waals surface area contributed by atoms with Crippen molar-refractivity contribution in [1.29, 1.82) is 0 Å². The van der Waals surface area contributed by atoms with E-state index in [-0.39, 0.29) is 11.5 Å². The molecule has 0 saturated heterocycles. The molecule has 29 heavy (non-hydrogen) atoms. The number of rotatable bonds is 6. The van der Waals surface area contributed by atoms with Gasteiger partial charge in [-0.25, -0.2) is 9.59 Å². The molecule has 0 heterocycles. The van der Waals surface area contributed by atoms with Crippen LogP contribution < -0.4 is 10.6 Å². The molecule has 1 rings (SSSR count). The SMILES string of the molecule is COC(=O)C1(NC(=O)[C@@H](CC(C)(C)C)NC(=O)OC(C)(C)C)CCC(OC)CC1. The zero-order valence-corrected chi connectivity index (χ0v) is 19.1. The van der Waals surface area contributed by atoms with Crippen molar-refractivity contribution in [3.8, 4) is 0 Å². The highest BCUT2D eigenvalue weighted by atomic mass is 16.6. The Kier molecular flexibility index (Phi) is 8.50. The molecule has 0 aromatic heterocycles. The predicted octanol–water partition coefficient (Wildman–Crippen LogP) is 2.93. The second-order valence-electron chi connectivity index (χ2n) is 9.96. The smallest absolute Gasteiger partial charge is 0.408 e. The largest absolute Gasteiger partial charge is 0.467 e. The number of nitrogens with one attached hydrogen (secondary N) is 2. The number of hydrogen-bond donors (Lipinski definition) is 2. The molecule has 168 valence electrons. The van der Waals surface area contributed by atoms with Crippen LogP contribution >= 0.6 is 0 Å². The van der Waals surface area contributed by atoms with E-state index in [1.807, 2.05) is 20.8 Å². The third kappa shape index (κ3) is 8.20. The molecule has 0 aliphatic heterocycles. The Hall–Kier alpha value is -1.83. The van der Waals surface area contributed by atoms with E-state index >= 15 is 0 Å². The summed E-state index contributed by atoms with van der Waals surface area (Å²) in [5.74, 6) is -0.903. The molecule has 1 saturated carbocycles. The fourth-order valence-electron chi connectivity index (χ4n) is 3.49. The van der Waals surface area contributed by atoms with Gasteiger partial charge in [0, 0.05) is 7.11 Å². The van der Waals surface area contributed by atoms with Crippen molar-refractivity contribution in [3.05, 3.63) is 0 Å². The van der Waals surface area contributed by atoms with Gasteiger partial charge >= 0.3 is 12.1 Å². The number of carbonyl (C=O) groups excluding carboxylic acids is 3. The molecule has 0 aromatic rings. The van der Waals surface area contributed by atoms with Crippen molar-refractivity contribution in [2.75, 3.05) is 14.2 Å². The van der Waals surface area contributed by atoms with E-state index in [1.54, 1.807) is 27.9 Å². The summed E-state index contributed by atoms with van der Waals surface area (Å²) in [6.07, 6.45) is 1.87. The van der Waals surface area contributed by atoms with Crippen LogP contribution in [0.25, 0.3) is 0 Å². The van der Waals surface area contributed by atoms with Gasteiger partial charge in [0.15, 0.2) is 0 Å². The summed E-state index contributed by atoms with van der Waals surface area (Å²) in [4.78, 5) is 38.0. The van der Waals surface area contributed by atoms with Crippen LogP contribution in [0.15, 0.2) is 0 Å². The molecule has 1 fully saturated rings. The Morgan fingerprint density at radius 2 is 1.59 bits per heavy atom. The highest BCUT2D eigenvalue weighted by Crippen LogP contribution is 2.31. The minimum atomic E-state index is -1.12. The fourth-order valence-corrected chi connectivity index (χ4v) is 3.49. The van der Waals surface area contributed by atoms with Gasteiger partial charge in [0.1, 0.15) is 17.2 Å². The minimum absolute atomic E-state index is 0.0509. The van der Waals surface area contributed by atoms with E-state index in [1.165, 1.54) is 7.11 Å². The van der Waals surface area contributed by atoms with E-state index in [9.17, 15) is 14.4 Å². The fraction of sp³-hybridized carbons (Fsp3) is 0.857. The number of amides is 2. The molecule has 8 nitrogen and oxygen atoms in total. The van der Waals surface area contributed by atoms with Crippen molar-refractivity contribution in [3.63, 3.8) is 0 Å². The van der Waals surface area contributed by atoms with E-state index < -0.39 is 35.2 Å². The zero-order chi connectivity index (χ0) is 22.5. The zero-order valence-electron chi connectivity index (χ0n) is 19.1. The molecule has 0 aromatic carbocycles. The summed E-state index contributed by atoms with van der Waals surface area (Å²) >= 11 is 0. The summed E-state index contributed by atoms with van der Waals surface area (Å²) in [5.41, 5.74) is -2.03. The minimum Gasteiger partial charge on any atom is -0.467 e. The molecule has 0 unspecified atom stereocenters. The number of esters is 1. The Balaban J connectivity index is 3.00. The summed E-state index contributed by atoms with van der Waals surface area (Å²) in [6.45, 7) is 11.2. The maximum atomic E-state index is 13.1. The third-order valence-electron chi connectivity index (χ3n) is 4.88. The Bertz CT molecular complexity index is 583. The number of methoxy groups -OCH3 is 2. The van der Waals surface area contributed by atoms with Crippen LogP contribution in [0.4, 0.5) is 4.79 Å². The third-order valence-corrected chi connectivity index (χ3v) is 4.88. The van der Waals surface area contributed by atoms with Gasteiger partial charge in [0.2, 0.25) is 5.91 Å². The van der Waals surface area contributed by atoms with Crippen LogP contribution in [0, 0.1) is 5.41 Å². The van der Waals surface area contributed by atoms with Crippen molar-refractivity contribution in [2.24, 2.45) is 5.41 Å². The molecule has 2 amide bonds. The summed E-state index contributed by atoms with van der Waals surface area (Å²) in [6, 6.07) is -0.841. The van der Waals surface area contributed by atoms with Gasteiger partial charge in [-0.3, -0.25) is 4.79 Å². The van der Waals surface area contributed by atoms with Crippen molar-refractivity contribution in [2.45, 2.75) is 96.9 Å². The Morgan fingerprint density at radius 1 is 1.03 bits per heavy atom. The van der Waals surface area contributed by atoms with E-state index in [0.717, 1.165) is 0 Å². The lowest BCUT2D eigenvalue weighted by atomic mass is 9.79. The molecule has 1 aliphatic carbocycles. The monoisotopic (exact) mass is 414 g/mol. The first-order valence-electron chi connectivity index (χ1n) is 10.1. The van der Waals surface area contributed by atoms with Gasteiger partial charge in [-0.1, -0.05) is 20.8 Å². The summed E-state index contributed by atoms with van der Waals surface area (Å²) < 4.78 is 15.7. The van der Waals surface area contributed by atoms with Crippen LogP contribution in [0.1, 0.15) is 73.6 Å². The van der Waals surface area contributed by atoms with Gasteiger partial charge in [-0.2, -0.15) is 0 Å². The first-order valence-corrected chi connectivity index (χ1v) is 10.1. The average Bonchev–Trinajstić information content (AvgIpc) is 2.58. The lowest BCUT2D eigenvalue weighted by molar-refractivity contribution is -0.154. The molecular weight excluding hydrogens is 376 g/mol. The first-order chi connectivity index (χ1) is 13.2. The van der Waals surface area contributed by atoms with Gasteiger partial charge in [-0.15, -0.1) is 0 Å². The van der Waals surface area contributed by atoms with E-state index in [2.05, 4.69) is 10.6 Å². The molecule has 8 heteroatoms. The predicted molar refractivity (Wildman–Crippen MR) is 109 cm³/mol. The van der Waals surface area contributed by atoms with E-state index in [0.29, 0.717) is 32.1 Å². The molecule has 0 spiro atoms. The molecule has 0 radical (unpaired) electrons. The number of alkyl carbamates (subject to hydrolysis) is 1. The van der Waals surface area contributed by atoms with Crippen LogP contribution in [0.2, 0.25) is 0 Å².